The number of thioether (sulfide) groups is 1. The van der Waals surface area contributed by atoms with E-state index in [1.807, 2.05) is 25.1 Å². The van der Waals surface area contributed by atoms with E-state index in [0.717, 1.165) is 39.8 Å². The molecule has 28 heavy (non-hydrogen) atoms. The Morgan fingerprint density at radius 3 is 2.75 bits per heavy atom. The second kappa shape index (κ2) is 7.93. The Labute approximate surface area is 184 Å². The number of carbonyl (C=O) groups is 1. The largest absolute Gasteiger partial charge is 0.506 e. The van der Waals surface area contributed by atoms with Gasteiger partial charge in [-0.3, -0.25) is 9.79 Å². The van der Waals surface area contributed by atoms with Crippen molar-refractivity contribution in [3.05, 3.63) is 56.0 Å². The first-order chi connectivity index (χ1) is 13.5. The van der Waals surface area contributed by atoms with Gasteiger partial charge in [-0.2, -0.15) is 0 Å². The number of fused-ring (bicyclic) bond motifs is 1. The van der Waals surface area contributed by atoms with E-state index in [-0.39, 0.29) is 17.7 Å². The standard InChI is InChI=1S/C20H17Br2N3O2S/c1-2-23-20-25-17(9-28-20)11-3-4-16-12(8-11)13(19(27)24-16)5-10-6-14(21)18(26)15(22)7-10/h3-8,17,26H,2,9H2,1H3,(H,23,25)(H,24,27)/b13-5-. The minimum absolute atomic E-state index is 0.130. The van der Waals surface area contributed by atoms with Crippen molar-refractivity contribution in [2.45, 2.75) is 13.0 Å². The summed E-state index contributed by atoms with van der Waals surface area (Å²) in [7, 11) is 0. The number of carbonyl (C=O) groups excluding carboxylic acids is 1. The van der Waals surface area contributed by atoms with Gasteiger partial charge < -0.3 is 15.7 Å². The smallest absolute Gasteiger partial charge is 0.256 e. The minimum atomic E-state index is -0.130. The van der Waals surface area contributed by atoms with Gasteiger partial charge >= 0.3 is 0 Å². The second-order valence-electron chi connectivity index (χ2n) is 6.44. The lowest BCUT2D eigenvalue weighted by molar-refractivity contribution is -0.110. The number of phenols is 1. The zero-order valence-corrected chi connectivity index (χ0v) is 18.9. The average molecular weight is 523 g/mol. The van der Waals surface area contributed by atoms with Crippen molar-refractivity contribution in [3.8, 4) is 5.75 Å². The second-order valence-corrected chi connectivity index (χ2v) is 9.16. The zero-order chi connectivity index (χ0) is 19.8. The normalized spacial score (nSPS) is 21.1. The van der Waals surface area contributed by atoms with Crippen molar-refractivity contribution < 1.29 is 9.90 Å². The van der Waals surface area contributed by atoms with Crippen molar-refractivity contribution in [3.63, 3.8) is 0 Å². The van der Waals surface area contributed by atoms with E-state index in [9.17, 15) is 9.90 Å². The van der Waals surface area contributed by atoms with Crippen molar-refractivity contribution in [1.82, 2.24) is 5.32 Å². The molecule has 0 radical (unpaired) electrons. The molecule has 0 bridgehead atoms. The lowest BCUT2D eigenvalue weighted by Gasteiger charge is -2.12. The molecule has 8 heteroatoms. The lowest BCUT2D eigenvalue weighted by atomic mass is 9.99. The van der Waals surface area contributed by atoms with Gasteiger partial charge in [-0.25, -0.2) is 0 Å². The van der Waals surface area contributed by atoms with Gasteiger partial charge in [-0.1, -0.05) is 17.8 Å². The molecule has 2 aliphatic heterocycles. The van der Waals surface area contributed by atoms with Crippen LogP contribution in [0.25, 0.3) is 11.6 Å². The molecule has 1 atom stereocenters. The molecule has 0 aromatic heterocycles. The third-order valence-electron chi connectivity index (χ3n) is 4.57. The van der Waals surface area contributed by atoms with Crippen molar-refractivity contribution in [2.75, 3.05) is 17.6 Å². The Bertz CT molecular complexity index is 1010. The van der Waals surface area contributed by atoms with Gasteiger partial charge in [0.2, 0.25) is 0 Å². The van der Waals surface area contributed by atoms with Gasteiger partial charge in [0, 0.05) is 29.1 Å². The molecule has 2 heterocycles. The topological polar surface area (TPSA) is 73.7 Å². The van der Waals surface area contributed by atoms with Gasteiger partial charge in [0.05, 0.1) is 15.0 Å². The number of nitrogens with one attached hydrogen (secondary N) is 2. The third kappa shape index (κ3) is 3.73. The van der Waals surface area contributed by atoms with Crippen LogP contribution in [0.3, 0.4) is 0 Å². The van der Waals surface area contributed by atoms with Crippen LogP contribution in [0.4, 0.5) is 5.69 Å². The molecule has 5 nitrogen and oxygen atoms in total. The van der Waals surface area contributed by atoms with E-state index in [0.29, 0.717) is 14.5 Å². The first kappa shape index (κ1) is 19.5. The predicted octanol–water partition coefficient (Wildman–Crippen LogP) is 5.16. The summed E-state index contributed by atoms with van der Waals surface area (Å²) in [5.74, 6) is 0.917. The first-order valence-electron chi connectivity index (χ1n) is 8.75. The van der Waals surface area contributed by atoms with Gasteiger partial charge in [0.25, 0.3) is 5.91 Å². The highest BCUT2D eigenvalue weighted by Crippen LogP contribution is 2.38. The van der Waals surface area contributed by atoms with E-state index in [1.54, 1.807) is 23.9 Å². The minimum Gasteiger partial charge on any atom is -0.506 e. The molecule has 2 aliphatic rings. The summed E-state index contributed by atoms with van der Waals surface area (Å²) < 4.78 is 1.13. The maximum atomic E-state index is 12.6. The van der Waals surface area contributed by atoms with E-state index in [1.165, 1.54) is 0 Å². The van der Waals surface area contributed by atoms with Crippen LogP contribution in [0.5, 0.6) is 5.75 Å². The SMILES string of the molecule is CCN=C1NC(c2ccc3c(c2)/C(=C/c2cc(Br)c(O)c(Br)c2)C(=O)N3)CS1. The number of amides is 1. The number of hydrogen-bond donors (Lipinski definition) is 3. The summed E-state index contributed by atoms with van der Waals surface area (Å²) in [6.45, 7) is 2.78. The zero-order valence-electron chi connectivity index (χ0n) is 14.9. The molecular weight excluding hydrogens is 506 g/mol. The van der Waals surface area contributed by atoms with E-state index >= 15 is 0 Å². The van der Waals surface area contributed by atoms with Gasteiger partial charge in [-0.15, -0.1) is 0 Å². The Hall–Kier alpha value is -1.77. The molecule has 1 fully saturated rings. The molecule has 144 valence electrons. The van der Waals surface area contributed by atoms with Crippen LogP contribution in [0.15, 0.2) is 44.3 Å². The Balaban J connectivity index is 1.70. The maximum absolute atomic E-state index is 12.6. The number of aliphatic imine (C=N–C) groups is 1. The summed E-state index contributed by atoms with van der Waals surface area (Å²) in [4.78, 5) is 17.0. The van der Waals surface area contributed by atoms with Gasteiger partial charge in [-0.05, 0) is 80.3 Å². The molecule has 1 unspecified atom stereocenters. The highest BCUT2D eigenvalue weighted by molar-refractivity contribution is 9.11. The number of halogens is 2. The molecule has 3 N–H and O–H groups in total. The number of hydrogen-bond acceptors (Lipinski definition) is 4. The number of anilines is 1. The third-order valence-corrected chi connectivity index (χ3v) is 6.79. The molecular formula is C20H17Br2N3O2S. The molecule has 2 aromatic rings. The highest BCUT2D eigenvalue weighted by atomic mass is 79.9. The molecule has 0 spiro atoms. The van der Waals surface area contributed by atoms with Crippen LogP contribution in [0.1, 0.15) is 29.7 Å². The predicted molar refractivity (Wildman–Crippen MR) is 123 cm³/mol. The quantitative estimate of drug-likeness (QED) is 0.486. The monoisotopic (exact) mass is 521 g/mol. The number of benzene rings is 2. The lowest BCUT2D eigenvalue weighted by Crippen LogP contribution is -2.19. The molecule has 4 rings (SSSR count). The van der Waals surface area contributed by atoms with E-state index in [2.05, 4.69) is 53.6 Å². The number of rotatable bonds is 3. The highest BCUT2D eigenvalue weighted by Gasteiger charge is 2.28. The molecule has 0 aliphatic carbocycles. The van der Waals surface area contributed by atoms with Crippen LogP contribution in [0.2, 0.25) is 0 Å². The van der Waals surface area contributed by atoms with Crippen LogP contribution in [-0.2, 0) is 4.79 Å². The molecule has 2 aromatic carbocycles. The van der Waals surface area contributed by atoms with Crippen molar-refractivity contribution in [1.29, 1.82) is 0 Å². The van der Waals surface area contributed by atoms with Crippen LogP contribution < -0.4 is 10.6 Å². The summed E-state index contributed by atoms with van der Waals surface area (Å²) in [6.07, 6.45) is 1.83. The molecule has 0 saturated carbocycles. The summed E-state index contributed by atoms with van der Waals surface area (Å²) in [6, 6.07) is 9.80. The average Bonchev–Trinajstić information content (AvgIpc) is 3.24. The number of nitrogens with zero attached hydrogens (tertiary/aromatic N) is 1. The molecule has 1 saturated heterocycles. The van der Waals surface area contributed by atoms with E-state index in [4.69, 9.17) is 0 Å². The Kier molecular flexibility index (Phi) is 5.53. The summed E-state index contributed by atoms with van der Waals surface area (Å²) >= 11 is 8.39. The van der Waals surface area contributed by atoms with Crippen LogP contribution in [0, 0.1) is 0 Å². The van der Waals surface area contributed by atoms with Crippen LogP contribution in [-0.4, -0.2) is 28.5 Å². The number of amidine groups is 1. The van der Waals surface area contributed by atoms with Crippen molar-refractivity contribution in [2.24, 2.45) is 4.99 Å². The van der Waals surface area contributed by atoms with E-state index < -0.39 is 0 Å². The van der Waals surface area contributed by atoms with Crippen molar-refractivity contribution >= 4 is 72.0 Å². The summed E-state index contributed by atoms with van der Waals surface area (Å²) in [5.41, 5.74) is 4.24. The van der Waals surface area contributed by atoms with Gasteiger partial charge in [0.1, 0.15) is 5.75 Å². The Morgan fingerprint density at radius 2 is 2.04 bits per heavy atom. The van der Waals surface area contributed by atoms with Crippen LogP contribution >= 0.6 is 43.6 Å². The number of phenolic OH excluding ortho intramolecular Hbond substituents is 1. The molecule has 1 amide bonds. The first-order valence-corrected chi connectivity index (χ1v) is 11.3. The Morgan fingerprint density at radius 1 is 1.29 bits per heavy atom. The maximum Gasteiger partial charge on any atom is 0.256 e. The fourth-order valence-electron chi connectivity index (χ4n) is 3.21. The fourth-order valence-corrected chi connectivity index (χ4v) is 5.48. The van der Waals surface area contributed by atoms with Gasteiger partial charge in [0.15, 0.2) is 5.17 Å². The number of aromatic hydroxyl groups is 1. The summed E-state index contributed by atoms with van der Waals surface area (Å²) in [5, 5.41) is 17.2. The fraction of sp³-hybridized carbons (Fsp3) is 0.200.